The van der Waals surface area contributed by atoms with Crippen LogP contribution in [0.4, 0.5) is 0 Å². The zero-order chi connectivity index (χ0) is 21.1. The molecule has 9 heteroatoms. The lowest BCUT2D eigenvalue weighted by molar-refractivity contribution is -0.170. The lowest BCUT2D eigenvalue weighted by Gasteiger charge is -2.44. The van der Waals surface area contributed by atoms with Crippen molar-refractivity contribution in [3.05, 3.63) is 18.2 Å². The standard InChI is InChI=1S/C21H32N4O5/c1-24-9-15(23-13-24)6-7-22-20(27)8-17-4-5-18-19(30-17)12-29-11-16(26)10-25(18)21(28)14-2-3-14/h9,13-14,16-19,26H,2-8,10-12H2,1H3,(H,22,27)/t16-,17-,18-,19+/m1/s1. The fourth-order valence-corrected chi connectivity index (χ4v) is 4.36. The topological polar surface area (TPSA) is 106 Å². The molecule has 9 nitrogen and oxygen atoms in total. The van der Waals surface area contributed by atoms with Crippen molar-refractivity contribution in [2.45, 2.75) is 62.9 Å². The van der Waals surface area contributed by atoms with Crippen LogP contribution in [0, 0.1) is 5.92 Å². The minimum atomic E-state index is -0.670. The lowest BCUT2D eigenvalue weighted by atomic mass is 9.94. The fourth-order valence-electron chi connectivity index (χ4n) is 4.36. The van der Waals surface area contributed by atoms with Gasteiger partial charge in [0.1, 0.15) is 6.10 Å². The number of hydrogen-bond acceptors (Lipinski definition) is 6. The maximum Gasteiger partial charge on any atom is 0.226 e. The molecule has 2 amide bonds. The largest absolute Gasteiger partial charge is 0.389 e. The number of amides is 2. The Balaban J connectivity index is 1.28. The molecule has 0 radical (unpaired) electrons. The molecule has 30 heavy (non-hydrogen) atoms. The first-order valence-electron chi connectivity index (χ1n) is 10.9. The molecule has 3 heterocycles. The summed E-state index contributed by atoms with van der Waals surface area (Å²) in [5, 5.41) is 13.1. The van der Waals surface area contributed by atoms with Crippen LogP contribution >= 0.6 is 0 Å². The van der Waals surface area contributed by atoms with Crippen LogP contribution in [0.25, 0.3) is 0 Å². The lowest BCUT2D eigenvalue weighted by Crippen LogP contribution is -2.58. The van der Waals surface area contributed by atoms with E-state index in [1.165, 1.54) is 0 Å². The summed E-state index contributed by atoms with van der Waals surface area (Å²) in [5.41, 5.74) is 0.948. The molecule has 0 bridgehead atoms. The average Bonchev–Trinajstić information content (AvgIpc) is 3.47. The van der Waals surface area contributed by atoms with Gasteiger partial charge in [0.05, 0.1) is 49.9 Å². The van der Waals surface area contributed by atoms with E-state index in [-0.39, 0.29) is 42.6 Å². The number of hydrogen-bond donors (Lipinski definition) is 2. The first kappa shape index (κ1) is 21.3. The van der Waals surface area contributed by atoms with Gasteiger partial charge in [-0.3, -0.25) is 9.59 Å². The highest BCUT2D eigenvalue weighted by Crippen LogP contribution is 2.35. The van der Waals surface area contributed by atoms with Gasteiger partial charge in [0.25, 0.3) is 0 Å². The summed E-state index contributed by atoms with van der Waals surface area (Å²) in [5.74, 6) is 0.184. The maximum atomic E-state index is 12.8. The third-order valence-corrected chi connectivity index (χ3v) is 6.07. The zero-order valence-electron chi connectivity index (χ0n) is 17.5. The summed E-state index contributed by atoms with van der Waals surface area (Å²) < 4.78 is 13.7. The van der Waals surface area contributed by atoms with Crippen molar-refractivity contribution >= 4 is 11.8 Å². The minimum absolute atomic E-state index is 0.0394. The number of nitrogens with zero attached hydrogens (tertiary/aromatic N) is 3. The van der Waals surface area contributed by atoms with Crippen molar-refractivity contribution in [1.82, 2.24) is 19.8 Å². The number of aliphatic hydroxyl groups excluding tert-OH is 1. The number of aromatic nitrogens is 2. The molecular formula is C21H32N4O5. The third kappa shape index (κ3) is 5.39. The van der Waals surface area contributed by atoms with E-state index in [1.54, 1.807) is 6.33 Å². The van der Waals surface area contributed by atoms with Gasteiger partial charge >= 0.3 is 0 Å². The Kier molecular flexibility index (Phi) is 6.70. The number of carbonyl (C=O) groups excluding carboxylic acids is 2. The summed E-state index contributed by atoms with van der Waals surface area (Å²) >= 11 is 0. The van der Waals surface area contributed by atoms with E-state index in [0.717, 1.165) is 25.0 Å². The molecule has 0 aromatic carbocycles. The molecule has 1 aromatic rings. The van der Waals surface area contributed by atoms with Gasteiger partial charge in [-0.15, -0.1) is 0 Å². The van der Waals surface area contributed by atoms with Crippen LogP contribution < -0.4 is 5.32 Å². The van der Waals surface area contributed by atoms with Crippen molar-refractivity contribution < 1.29 is 24.2 Å². The van der Waals surface area contributed by atoms with E-state index >= 15 is 0 Å². The first-order valence-corrected chi connectivity index (χ1v) is 10.9. The molecule has 3 fully saturated rings. The van der Waals surface area contributed by atoms with Crippen LogP contribution in [0.5, 0.6) is 0 Å². The van der Waals surface area contributed by atoms with Crippen LogP contribution in [0.15, 0.2) is 12.5 Å². The molecule has 4 atom stereocenters. The van der Waals surface area contributed by atoms with Crippen LogP contribution in [0.2, 0.25) is 0 Å². The minimum Gasteiger partial charge on any atom is -0.389 e. The molecule has 4 rings (SSSR count). The summed E-state index contributed by atoms with van der Waals surface area (Å²) in [4.78, 5) is 31.2. The van der Waals surface area contributed by atoms with Crippen LogP contribution in [0.1, 0.15) is 37.8 Å². The summed E-state index contributed by atoms with van der Waals surface area (Å²) in [6, 6.07) is -0.100. The molecule has 0 unspecified atom stereocenters. The van der Waals surface area contributed by atoms with Gasteiger partial charge < -0.3 is 29.4 Å². The molecule has 1 saturated carbocycles. The highest BCUT2D eigenvalue weighted by molar-refractivity contribution is 5.81. The molecule has 2 N–H and O–H groups in total. The van der Waals surface area contributed by atoms with Crippen LogP contribution in [-0.2, 0) is 32.5 Å². The van der Waals surface area contributed by atoms with Crippen LogP contribution in [-0.4, -0.2) is 82.0 Å². The first-order chi connectivity index (χ1) is 14.5. The van der Waals surface area contributed by atoms with Crippen molar-refractivity contribution in [3.8, 4) is 0 Å². The Labute approximate surface area is 176 Å². The molecule has 166 valence electrons. The molecule has 3 aliphatic rings. The number of aliphatic hydroxyl groups is 1. The van der Waals surface area contributed by atoms with E-state index in [4.69, 9.17) is 9.47 Å². The second kappa shape index (κ2) is 9.45. The number of ether oxygens (including phenoxy) is 2. The van der Waals surface area contributed by atoms with E-state index in [0.29, 0.717) is 39.0 Å². The van der Waals surface area contributed by atoms with Gasteiger partial charge in [-0.25, -0.2) is 4.98 Å². The number of aryl methyl sites for hydroxylation is 1. The van der Waals surface area contributed by atoms with Crippen molar-refractivity contribution in [2.24, 2.45) is 13.0 Å². The maximum absolute atomic E-state index is 12.8. The molecule has 1 aliphatic carbocycles. The average molecular weight is 421 g/mol. The zero-order valence-corrected chi connectivity index (χ0v) is 17.5. The fraction of sp³-hybridized carbons (Fsp3) is 0.762. The van der Waals surface area contributed by atoms with E-state index in [1.807, 2.05) is 22.7 Å². The smallest absolute Gasteiger partial charge is 0.226 e. The Morgan fingerprint density at radius 1 is 1.27 bits per heavy atom. The van der Waals surface area contributed by atoms with Crippen LogP contribution in [0.3, 0.4) is 0 Å². The number of rotatable bonds is 6. The molecular weight excluding hydrogens is 388 g/mol. The molecule has 2 aliphatic heterocycles. The number of carbonyl (C=O) groups is 2. The van der Waals surface area contributed by atoms with E-state index < -0.39 is 6.10 Å². The number of nitrogens with one attached hydrogen (secondary N) is 1. The Hall–Kier alpha value is -1.97. The SMILES string of the molecule is Cn1cnc(CCNC(=O)C[C@H]2CC[C@@H]3[C@H](COC[C@H](O)CN3C(=O)C3CC3)O2)c1. The summed E-state index contributed by atoms with van der Waals surface area (Å²) in [6.07, 6.45) is 6.88. The highest BCUT2D eigenvalue weighted by Gasteiger charge is 2.43. The monoisotopic (exact) mass is 420 g/mol. The quantitative estimate of drug-likeness (QED) is 0.672. The predicted molar refractivity (Wildman–Crippen MR) is 107 cm³/mol. The van der Waals surface area contributed by atoms with E-state index in [9.17, 15) is 14.7 Å². The predicted octanol–water partition coefficient (Wildman–Crippen LogP) is 0.0148. The summed E-state index contributed by atoms with van der Waals surface area (Å²) in [7, 11) is 1.92. The molecule has 2 saturated heterocycles. The van der Waals surface area contributed by atoms with Gasteiger partial charge in [0.2, 0.25) is 11.8 Å². The van der Waals surface area contributed by atoms with Gasteiger partial charge in [0.15, 0.2) is 0 Å². The number of fused-ring (bicyclic) bond motifs is 1. The molecule has 1 aromatic heterocycles. The summed E-state index contributed by atoms with van der Waals surface area (Å²) in [6.45, 7) is 1.35. The van der Waals surface area contributed by atoms with Crippen molar-refractivity contribution in [3.63, 3.8) is 0 Å². The Bertz CT molecular complexity index is 750. The van der Waals surface area contributed by atoms with Gasteiger partial charge in [-0.2, -0.15) is 0 Å². The van der Waals surface area contributed by atoms with E-state index in [2.05, 4.69) is 10.3 Å². The van der Waals surface area contributed by atoms with Crippen molar-refractivity contribution in [1.29, 1.82) is 0 Å². The Morgan fingerprint density at radius 3 is 2.83 bits per heavy atom. The van der Waals surface area contributed by atoms with Gasteiger partial charge in [-0.05, 0) is 25.7 Å². The third-order valence-electron chi connectivity index (χ3n) is 6.07. The molecule has 0 spiro atoms. The highest BCUT2D eigenvalue weighted by atomic mass is 16.5. The second-order valence-corrected chi connectivity index (χ2v) is 8.73. The number of imidazole rings is 1. The Morgan fingerprint density at radius 2 is 2.10 bits per heavy atom. The van der Waals surface area contributed by atoms with Crippen molar-refractivity contribution in [2.75, 3.05) is 26.3 Å². The van der Waals surface area contributed by atoms with Gasteiger partial charge in [0, 0.05) is 38.7 Å². The number of β-amino-alcohol motifs (C(OH)–C–C–N with tert-alkyl or cyclic N) is 1. The van der Waals surface area contributed by atoms with Gasteiger partial charge in [-0.1, -0.05) is 0 Å². The normalized spacial score (nSPS) is 29.6. The second-order valence-electron chi connectivity index (χ2n) is 8.73.